The molecule has 0 amide bonds. The van der Waals surface area contributed by atoms with Crippen LogP contribution in [-0.2, 0) is 0 Å². The summed E-state index contributed by atoms with van der Waals surface area (Å²) in [4.78, 5) is 17.5. The van der Waals surface area contributed by atoms with Gasteiger partial charge in [0, 0.05) is 29.6 Å². The number of nitrogens with one attached hydrogen (secondary N) is 3. The number of aryl methyl sites for hydroxylation is 1. The van der Waals surface area contributed by atoms with Gasteiger partial charge in [-0.2, -0.15) is 5.10 Å². The van der Waals surface area contributed by atoms with Crippen molar-refractivity contribution in [1.82, 2.24) is 30.1 Å². The van der Waals surface area contributed by atoms with E-state index < -0.39 is 0 Å². The maximum Gasteiger partial charge on any atom is 0.161 e. The number of hydrogen-bond donors (Lipinski definition) is 3. The summed E-state index contributed by atoms with van der Waals surface area (Å²) < 4.78 is 14.1. The predicted octanol–water partition coefficient (Wildman–Crippen LogP) is 6.50. The highest BCUT2D eigenvalue weighted by Crippen LogP contribution is 2.32. The molecule has 178 valence electrons. The van der Waals surface area contributed by atoms with Gasteiger partial charge in [-0.05, 0) is 68.3 Å². The molecule has 6 rings (SSSR count). The van der Waals surface area contributed by atoms with Gasteiger partial charge in [-0.1, -0.05) is 18.2 Å². The van der Waals surface area contributed by atoms with Gasteiger partial charge in [-0.25, -0.2) is 14.4 Å². The molecule has 0 atom stereocenters. The van der Waals surface area contributed by atoms with Crippen LogP contribution in [0.15, 0.2) is 67.0 Å². The first-order chi connectivity index (χ1) is 17.4. The van der Waals surface area contributed by atoms with E-state index in [-0.39, 0.29) is 5.82 Å². The highest BCUT2D eigenvalue weighted by atomic mass is 19.1. The molecule has 0 aliphatic carbocycles. The smallest absolute Gasteiger partial charge is 0.161 e. The van der Waals surface area contributed by atoms with Crippen LogP contribution in [0.3, 0.4) is 0 Å². The number of anilines is 1. The Hall–Kier alpha value is -4.59. The third-order valence-electron chi connectivity index (χ3n) is 5.99. The minimum absolute atomic E-state index is 0.269. The van der Waals surface area contributed by atoms with Crippen molar-refractivity contribution in [2.75, 3.05) is 5.32 Å². The number of benzene rings is 2. The SMILES string of the molecule is Cc1cc(F)cc(-c2cccc3[nH]c(-c4n[nH]c5ccc(-c6cncc(NC(C)C)c6)nc45)nc23)c1. The van der Waals surface area contributed by atoms with Crippen molar-refractivity contribution in [1.29, 1.82) is 0 Å². The van der Waals surface area contributed by atoms with Crippen molar-refractivity contribution in [3.8, 4) is 33.9 Å². The molecule has 0 aliphatic heterocycles. The van der Waals surface area contributed by atoms with Crippen LogP contribution in [0.4, 0.5) is 10.1 Å². The summed E-state index contributed by atoms with van der Waals surface area (Å²) in [5.74, 6) is 0.324. The molecule has 36 heavy (non-hydrogen) atoms. The minimum Gasteiger partial charge on any atom is -0.382 e. The first-order valence-electron chi connectivity index (χ1n) is 11.8. The summed E-state index contributed by atoms with van der Waals surface area (Å²) in [5, 5.41) is 10.9. The van der Waals surface area contributed by atoms with Gasteiger partial charge >= 0.3 is 0 Å². The monoisotopic (exact) mass is 477 g/mol. The Bertz CT molecular complexity index is 1710. The third kappa shape index (κ3) is 3.96. The third-order valence-corrected chi connectivity index (χ3v) is 5.99. The molecule has 0 unspecified atom stereocenters. The van der Waals surface area contributed by atoms with Crippen molar-refractivity contribution < 1.29 is 4.39 Å². The van der Waals surface area contributed by atoms with Gasteiger partial charge in [-0.3, -0.25) is 10.1 Å². The van der Waals surface area contributed by atoms with E-state index in [4.69, 9.17) is 9.97 Å². The van der Waals surface area contributed by atoms with Crippen molar-refractivity contribution >= 4 is 27.8 Å². The maximum absolute atomic E-state index is 14.1. The number of aromatic nitrogens is 6. The van der Waals surface area contributed by atoms with E-state index in [9.17, 15) is 4.39 Å². The molecule has 0 aliphatic rings. The van der Waals surface area contributed by atoms with E-state index in [0.29, 0.717) is 23.1 Å². The van der Waals surface area contributed by atoms with Crippen LogP contribution >= 0.6 is 0 Å². The second-order valence-corrected chi connectivity index (χ2v) is 9.23. The molecule has 0 radical (unpaired) electrons. The maximum atomic E-state index is 14.1. The number of H-pyrrole nitrogens is 2. The number of imidazole rings is 1. The molecule has 0 bridgehead atoms. The Morgan fingerprint density at radius 2 is 1.78 bits per heavy atom. The molecule has 4 heterocycles. The first kappa shape index (κ1) is 21.9. The lowest BCUT2D eigenvalue weighted by molar-refractivity contribution is 0.627. The summed E-state index contributed by atoms with van der Waals surface area (Å²) in [6, 6.07) is 17.1. The van der Waals surface area contributed by atoms with E-state index in [1.807, 2.05) is 49.4 Å². The van der Waals surface area contributed by atoms with Gasteiger partial charge in [0.05, 0.1) is 27.9 Å². The normalized spacial score (nSPS) is 11.6. The predicted molar refractivity (Wildman–Crippen MR) is 141 cm³/mol. The quantitative estimate of drug-likeness (QED) is 0.263. The standard InChI is InChI=1S/C28H24FN7/c1-15(2)31-20-12-18(13-30-14-20)22-7-8-24-26(32-22)27(36-35-24)28-33-23-6-4-5-21(25(23)34-28)17-9-16(3)10-19(29)11-17/h4-15,31H,1-3H3,(H,33,34)(H,35,36). The highest BCUT2D eigenvalue weighted by molar-refractivity contribution is 5.96. The minimum atomic E-state index is -0.269. The fraction of sp³-hybridized carbons (Fsp3) is 0.143. The number of rotatable bonds is 5. The molecule has 0 saturated carbocycles. The van der Waals surface area contributed by atoms with E-state index >= 15 is 0 Å². The van der Waals surface area contributed by atoms with Gasteiger partial charge in [-0.15, -0.1) is 0 Å². The van der Waals surface area contributed by atoms with E-state index in [0.717, 1.165) is 50.2 Å². The lowest BCUT2D eigenvalue weighted by atomic mass is 10.0. The van der Waals surface area contributed by atoms with Crippen LogP contribution in [0.5, 0.6) is 0 Å². The number of fused-ring (bicyclic) bond motifs is 2. The summed E-state index contributed by atoms with van der Waals surface area (Å²) >= 11 is 0. The zero-order chi connectivity index (χ0) is 24.8. The number of pyridine rings is 2. The van der Waals surface area contributed by atoms with Crippen molar-refractivity contribution in [2.24, 2.45) is 0 Å². The first-order valence-corrected chi connectivity index (χ1v) is 11.8. The number of nitrogens with zero attached hydrogens (tertiary/aromatic N) is 4. The Morgan fingerprint density at radius 3 is 2.61 bits per heavy atom. The molecule has 0 saturated heterocycles. The zero-order valence-electron chi connectivity index (χ0n) is 20.1. The molecule has 7 nitrogen and oxygen atoms in total. The summed E-state index contributed by atoms with van der Waals surface area (Å²) in [5.41, 5.74) is 8.85. The van der Waals surface area contributed by atoms with Crippen LogP contribution < -0.4 is 5.32 Å². The summed E-state index contributed by atoms with van der Waals surface area (Å²) in [7, 11) is 0. The average molecular weight is 478 g/mol. The van der Waals surface area contributed by atoms with Crippen LogP contribution in [-0.4, -0.2) is 36.2 Å². The van der Waals surface area contributed by atoms with E-state index in [1.165, 1.54) is 12.1 Å². The number of aromatic amines is 2. The number of halogens is 1. The lowest BCUT2D eigenvalue weighted by Gasteiger charge is -2.10. The molecule has 6 aromatic rings. The summed E-state index contributed by atoms with van der Waals surface area (Å²) in [6.45, 7) is 6.05. The van der Waals surface area contributed by atoms with Crippen molar-refractivity contribution in [2.45, 2.75) is 26.8 Å². The Kier molecular flexibility index (Phi) is 5.21. The fourth-order valence-electron chi connectivity index (χ4n) is 4.49. The average Bonchev–Trinajstić information content (AvgIpc) is 3.46. The molecule has 0 spiro atoms. The van der Waals surface area contributed by atoms with E-state index in [1.54, 1.807) is 12.4 Å². The topological polar surface area (TPSA) is 95.2 Å². The molecule has 0 fully saturated rings. The van der Waals surface area contributed by atoms with Crippen LogP contribution in [0.25, 0.3) is 56.0 Å². The zero-order valence-corrected chi connectivity index (χ0v) is 20.1. The highest BCUT2D eigenvalue weighted by Gasteiger charge is 2.17. The Balaban J connectivity index is 1.45. The Labute approximate surface area is 206 Å². The second-order valence-electron chi connectivity index (χ2n) is 9.23. The van der Waals surface area contributed by atoms with Crippen LogP contribution in [0.1, 0.15) is 19.4 Å². The molecule has 8 heteroatoms. The van der Waals surface area contributed by atoms with Gasteiger partial charge in [0.15, 0.2) is 11.5 Å². The van der Waals surface area contributed by atoms with Crippen molar-refractivity contribution in [3.05, 3.63) is 78.4 Å². The largest absolute Gasteiger partial charge is 0.382 e. The molecular formula is C28H24FN7. The van der Waals surface area contributed by atoms with Gasteiger partial charge in [0.25, 0.3) is 0 Å². The van der Waals surface area contributed by atoms with Crippen molar-refractivity contribution in [3.63, 3.8) is 0 Å². The van der Waals surface area contributed by atoms with Gasteiger partial charge in [0.2, 0.25) is 0 Å². The molecule has 4 aromatic heterocycles. The van der Waals surface area contributed by atoms with Crippen LogP contribution in [0, 0.1) is 12.7 Å². The molecule has 2 aromatic carbocycles. The van der Waals surface area contributed by atoms with E-state index in [2.05, 4.69) is 39.3 Å². The number of para-hydroxylation sites is 1. The summed E-state index contributed by atoms with van der Waals surface area (Å²) in [6.07, 6.45) is 3.60. The van der Waals surface area contributed by atoms with Crippen LogP contribution in [0.2, 0.25) is 0 Å². The Morgan fingerprint density at radius 1 is 0.889 bits per heavy atom. The number of hydrogen-bond acceptors (Lipinski definition) is 5. The lowest BCUT2D eigenvalue weighted by Crippen LogP contribution is -2.09. The second kappa shape index (κ2) is 8.57. The fourth-order valence-corrected chi connectivity index (χ4v) is 4.49. The van der Waals surface area contributed by atoms with Gasteiger partial charge in [0.1, 0.15) is 11.3 Å². The molecule has 3 N–H and O–H groups in total. The van der Waals surface area contributed by atoms with Gasteiger partial charge < -0.3 is 10.3 Å². The molecular weight excluding hydrogens is 453 g/mol.